The lowest BCUT2D eigenvalue weighted by atomic mass is 10.2. The summed E-state index contributed by atoms with van der Waals surface area (Å²) in [6.45, 7) is 6.57. The Morgan fingerprint density at radius 1 is 1.30 bits per heavy atom. The summed E-state index contributed by atoms with van der Waals surface area (Å²) in [4.78, 5) is 22.4. The van der Waals surface area contributed by atoms with Crippen LogP contribution in [0.25, 0.3) is 5.65 Å². The third-order valence-corrected chi connectivity index (χ3v) is 4.84. The van der Waals surface area contributed by atoms with Crippen molar-refractivity contribution in [3.63, 3.8) is 0 Å². The first-order chi connectivity index (χ1) is 11.1. The number of carbonyl (C=O) groups excluding carboxylic acids is 1. The maximum absolute atomic E-state index is 12.3. The van der Waals surface area contributed by atoms with Crippen molar-refractivity contribution in [1.82, 2.24) is 19.7 Å². The molecule has 0 spiro atoms. The van der Waals surface area contributed by atoms with Gasteiger partial charge < -0.3 is 9.72 Å². The molecule has 0 aromatic carbocycles. The Balaban J connectivity index is 1.70. The van der Waals surface area contributed by atoms with E-state index < -0.39 is 0 Å². The quantitative estimate of drug-likeness (QED) is 0.783. The topological polar surface area (TPSA) is 59.3 Å². The fraction of sp³-hybridized carbons (Fsp3) is 0.353. The molecule has 0 aliphatic heterocycles. The zero-order chi connectivity index (χ0) is 16.4. The van der Waals surface area contributed by atoms with Gasteiger partial charge in [0.2, 0.25) is 5.91 Å². The summed E-state index contributed by atoms with van der Waals surface area (Å²) in [5.41, 5.74) is 3.79. The number of hydrogen-bond acceptors (Lipinski definition) is 4. The van der Waals surface area contributed by atoms with E-state index in [0.717, 1.165) is 39.0 Å². The van der Waals surface area contributed by atoms with Gasteiger partial charge in [0.05, 0.1) is 35.1 Å². The van der Waals surface area contributed by atoms with Crippen LogP contribution in [-0.4, -0.2) is 20.3 Å². The number of fused-ring (bicyclic) bond motifs is 1. The number of hydrogen-bond donors (Lipinski definition) is 1. The van der Waals surface area contributed by atoms with Gasteiger partial charge in [0.15, 0.2) is 0 Å². The number of nitrogens with zero attached hydrogens (tertiary/aromatic N) is 3. The van der Waals surface area contributed by atoms with Crippen LogP contribution in [0.1, 0.15) is 33.9 Å². The van der Waals surface area contributed by atoms with Gasteiger partial charge >= 0.3 is 0 Å². The van der Waals surface area contributed by atoms with E-state index in [1.807, 2.05) is 42.6 Å². The minimum absolute atomic E-state index is 0.00635. The van der Waals surface area contributed by atoms with Crippen molar-refractivity contribution < 1.29 is 4.79 Å². The number of rotatable bonds is 5. The number of thiazole rings is 1. The zero-order valence-electron chi connectivity index (χ0n) is 13.6. The third kappa shape index (κ3) is 3.27. The van der Waals surface area contributed by atoms with Crippen LogP contribution in [0.2, 0.25) is 0 Å². The number of aryl methyl sites for hydroxylation is 3. The normalized spacial score (nSPS) is 11.1. The fourth-order valence-electron chi connectivity index (χ4n) is 2.70. The van der Waals surface area contributed by atoms with E-state index in [4.69, 9.17) is 0 Å². The second kappa shape index (κ2) is 6.50. The molecule has 0 atom stereocenters. The molecule has 0 aliphatic carbocycles. The van der Waals surface area contributed by atoms with Crippen LogP contribution >= 0.6 is 11.3 Å². The van der Waals surface area contributed by atoms with Gasteiger partial charge in [0.25, 0.3) is 0 Å². The number of pyridine rings is 1. The minimum atomic E-state index is 0.00635. The molecule has 3 heterocycles. The lowest BCUT2D eigenvalue weighted by Crippen LogP contribution is -2.25. The van der Waals surface area contributed by atoms with Crippen LogP contribution < -0.4 is 5.32 Å². The van der Waals surface area contributed by atoms with Crippen LogP contribution in [0.15, 0.2) is 24.4 Å². The van der Waals surface area contributed by atoms with Gasteiger partial charge in [-0.05, 0) is 32.4 Å². The van der Waals surface area contributed by atoms with E-state index in [-0.39, 0.29) is 5.91 Å². The molecule has 120 valence electrons. The molecule has 3 aromatic heterocycles. The van der Waals surface area contributed by atoms with Crippen molar-refractivity contribution in [2.45, 2.75) is 40.2 Å². The molecule has 0 saturated carbocycles. The molecular formula is C17H20N4OS. The molecule has 0 fully saturated rings. The lowest BCUT2D eigenvalue weighted by molar-refractivity contribution is -0.120. The molecule has 23 heavy (non-hydrogen) atoms. The van der Waals surface area contributed by atoms with Crippen LogP contribution in [-0.2, 0) is 24.2 Å². The second-order valence-corrected chi connectivity index (χ2v) is 6.77. The Morgan fingerprint density at radius 3 is 2.91 bits per heavy atom. The number of aromatic nitrogens is 3. The first-order valence-electron chi connectivity index (χ1n) is 7.73. The van der Waals surface area contributed by atoms with Gasteiger partial charge in [-0.2, -0.15) is 0 Å². The SMILES string of the molecule is CCc1nc(C)sc1CNC(=O)Cc1c(C)nc2ccccn12. The molecule has 0 saturated heterocycles. The highest BCUT2D eigenvalue weighted by atomic mass is 32.1. The van der Waals surface area contributed by atoms with E-state index in [0.29, 0.717) is 13.0 Å². The molecule has 3 aromatic rings. The fourth-order valence-corrected chi connectivity index (χ4v) is 3.66. The van der Waals surface area contributed by atoms with Crippen molar-refractivity contribution in [3.8, 4) is 0 Å². The molecule has 1 N–H and O–H groups in total. The molecule has 0 aliphatic rings. The standard InChI is InChI=1S/C17H20N4OS/c1-4-13-15(23-12(3)20-13)10-18-17(22)9-14-11(2)19-16-7-5-6-8-21(14)16/h5-8H,4,9-10H2,1-3H3,(H,18,22). The van der Waals surface area contributed by atoms with Gasteiger partial charge in [0, 0.05) is 11.1 Å². The van der Waals surface area contributed by atoms with Gasteiger partial charge in [0.1, 0.15) is 5.65 Å². The summed E-state index contributed by atoms with van der Waals surface area (Å²) in [6, 6.07) is 5.84. The van der Waals surface area contributed by atoms with Gasteiger partial charge in [-0.15, -0.1) is 11.3 Å². The minimum Gasteiger partial charge on any atom is -0.351 e. The molecule has 0 radical (unpaired) electrons. The molecular weight excluding hydrogens is 308 g/mol. The van der Waals surface area contributed by atoms with Crippen molar-refractivity contribution in [2.24, 2.45) is 0 Å². The van der Waals surface area contributed by atoms with E-state index in [2.05, 4.69) is 22.2 Å². The highest BCUT2D eigenvalue weighted by Gasteiger charge is 2.14. The van der Waals surface area contributed by atoms with Crippen molar-refractivity contribution >= 4 is 22.9 Å². The second-order valence-electron chi connectivity index (χ2n) is 5.48. The Hall–Kier alpha value is -2.21. The maximum Gasteiger partial charge on any atom is 0.226 e. The van der Waals surface area contributed by atoms with E-state index in [9.17, 15) is 4.79 Å². The van der Waals surface area contributed by atoms with Gasteiger partial charge in [-0.3, -0.25) is 4.79 Å². The van der Waals surface area contributed by atoms with Crippen molar-refractivity contribution in [1.29, 1.82) is 0 Å². The Morgan fingerprint density at radius 2 is 2.13 bits per heavy atom. The van der Waals surface area contributed by atoms with Gasteiger partial charge in [-0.1, -0.05) is 13.0 Å². The first-order valence-corrected chi connectivity index (χ1v) is 8.54. The zero-order valence-corrected chi connectivity index (χ0v) is 14.4. The number of nitrogens with one attached hydrogen (secondary N) is 1. The smallest absolute Gasteiger partial charge is 0.226 e. The number of carbonyl (C=O) groups is 1. The Labute approximate surface area is 139 Å². The molecule has 5 nitrogen and oxygen atoms in total. The average Bonchev–Trinajstić information content (AvgIpc) is 3.05. The van der Waals surface area contributed by atoms with Crippen LogP contribution in [0, 0.1) is 13.8 Å². The first kappa shape index (κ1) is 15.7. The molecule has 0 bridgehead atoms. The molecule has 3 rings (SSSR count). The van der Waals surface area contributed by atoms with E-state index in [1.165, 1.54) is 0 Å². The summed E-state index contributed by atoms with van der Waals surface area (Å²) in [6.07, 6.45) is 3.16. The van der Waals surface area contributed by atoms with Crippen molar-refractivity contribution in [2.75, 3.05) is 0 Å². The predicted octanol–water partition coefficient (Wildman–Crippen LogP) is 2.83. The van der Waals surface area contributed by atoms with Crippen LogP contribution in [0.5, 0.6) is 0 Å². The molecule has 0 unspecified atom stereocenters. The highest BCUT2D eigenvalue weighted by Crippen LogP contribution is 2.18. The number of amides is 1. The highest BCUT2D eigenvalue weighted by molar-refractivity contribution is 7.11. The monoisotopic (exact) mass is 328 g/mol. The Bertz CT molecular complexity index is 850. The Kier molecular flexibility index (Phi) is 4.43. The number of imidazole rings is 1. The third-order valence-electron chi connectivity index (χ3n) is 3.82. The van der Waals surface area contributed by atoms with Crippen molar-refractivity contribution in [3.05, 3.63) is 51.4 Å². The summed E-state index contributed by atoms with van der Waals surface area (Å²) >= 11 is 1.65. The van der Waals surface area contributed by atoms with E-state index >= 15 is 0 Å². The van der Waals surface area contributed by atoms with Crippen LogP contribution in [0.3, 0.4) is 0 Å². The summed E-state index contributed by atoms with van der Waals surface area (Å²) < 4.78 is 1.98. The molecule has 6 heteroatoms. The largest absolute Gasteiger partial charge is 0.351 e. The van der Waals surface area contributed by atoms with Crippen LogP contribution in [0.4, 0.5) is 0 Å². The average molecular weight is 328 g/mol. The summed E-state index contributed by atoms with van der Waals surface area (Å²) in [5.74, 6) is 0.00635. The maximum atomic E-state index is 12.3. The summed E-state index contributed by atoms with van der Waals surface area (Å²) in [7, 11) is 0. The van der Waals surface area contributed by atoms with Gasteiger partial charge in [-0.25, -0.2) is 9.97 Å². The summed E-state index contributed by atoms with van der Waals surface area (Å²) in [5, 5.41) is 4.05. The van der Waals surface area contributed by atoms with E-state index in [1.54, 1.807) is 11.3 Å². The molecule has 1 amide bonds. The lowest BCUT2D eigenvalue weighted by Gasteiger charge is -2.06. The predicted molar refractivity (Wildman–Crippen MR) is 91.7 cm³/mol.